The van der Waals surface area contributed by atoms with E-state index >= 15 is 0 Å². The van der Waals surface area contributed by atoms with E-state index in [1.54, 1.807) is 6.92 Å². The molecule has 2 rings (SSSR count). The van der Waals surface area contributed by atoms with Crippen LogP contribution >= 0.6 is 0 Å². The van der Waals surface area contributed by atoms with Crippen molar-refractivity contribution in [2.45, 2.75) is 57.7 Å². The molecule has 1 fully saturated rings. The summed E-state index contributed by atoms with van der Waals surface area (Å²) in [5.74, 6) is -0.519. The molecule has 0 heterocycles. The van der Waals surface area contributed by atoms with E-state index in [0.717, 1.165) is 31.2 Å². The van der Waals surface area contributed by atoms with E-state index in [0.29, 0.717) is 6.54 Å². The number of nitrogens with one attached hydrogen (secondary N) is 2. The van der Waals surface area contributed by atoms with Crippen molar-refractivity contribution in [1.82, 2.24) is 10.6 Å². The van der Waals surface area contributed by atoms with E-state index in [2.05, 4.69) is 10.6 Å². The molecule has 126 valence electrons. The Morgan fingerprint density at radius 3 is 2.65 bits per heavy atom. The molecule has 1 aliphatic carbocycles. The summed E-state index contributed by atoms with van der Waals surface area (Å²) in [5.41, 5.74) is 6.79. The van der Waals surface area contributed by atoms with Gasteiger partial charge in [0.1, 0.15) is 6.04 Å². The zero-order valence-corrected chi connectivity index (χ0v) is 14.0. The molecule has 1 aromatic rings. The second kappa shape index (κ2) is 7.59. The van der Waals surface area contributed by atoms with Gasteiger partial charge in [0.25, 0.3) is 0 Å². The third-order valence-corrected chi connectivity index (χ3v) is 4.63. The van der Waals surface area contributed by atoms with Crippen molar-refractivity contribution in [3.05, 3.63) is 35.9 Å². The number of hydrogen-bond donors (Lipinski definition) is 3. The van der Waals surface area contributed by atoms with Crippen LogP contribution in [-0.4, -0.2) is 23.4 Å². The van der Waals surface area contributed by atoms with Crippen molar-refractivity contribution in [3.63, 3.8) is 0 Å². The number of carbonyl (C=O) groups excluding carboxylic acids is 2. The van der Waals surface area contributed by atoms with Gasteiger partial charge in [-0.2, -0.15) is 0 Å². The number of hydrogen-bond acceptors (Lipinski definition) is 3. The van der Waals surface area contributed by atoms with E-state index in [9.17, 15) is 9.59 Å². The minimum absolute atomic E-state index is 0.114. The first-order valence-electron chi connectivity index (χ1n) is 8.31. The van der Waals surface area contributed by atoms with Crippen molar-refractivity contribution in [3.8, 4) is 0 Å². The van der Waals surface area contributed by atoms with E-state index in [1.807, 2.05) is 37.3 Å². The molecule has 0 radical (unpaired) electrons. The molecule has 5 heteroatoms. The fourth-order valence-corrected chi connectivity index (χ4v) is 3.11. The second-order valence-corrected chi connectivity index (χ2v) is 6.74. The molecule has 1 aliphatic rings. The Kier molecular flexibility index (Phi) is 5.77. The van der Waals surface area contributed by atoms with E-state index in [1.165, 1.54) is 0 Å². The highest BCUT2D eigenvalue weighted by Crippen LogP contribution is 2.31. The summed E-state index contributed by atoms with van der Waals surface area (Å²) in [6.07, 6.45) is 3.71. The van der Waals surface area contributed by atoms with Gasteiger partial charge in [-0.05, 0) is 32.3 Å². The Bertz CT molecular complexity index is 542. The predicted molar refractivity (Wildman–Crippen MR) is 90.4 cm³/mol. The lowest BCUT2D eigenvalue weighted by Gasteiger charge is -2.37. The lowest BCUT2D eigenvalue weighted by molar-refractivity contribution is -0.133. The number of benzene rings is 1. The predicted octanol–water partition coefficient (Wildman–Crippen LogP) is 1.72. The van der Waals surface area contributed by atoms with Crippen LogP contribution in [0.25, 0.3) is 0 Å². The third kappa shape index (κ3) is 4.79. The van der Waals surface area contributed by atoms with Crippen LogP contribution in [0.3, 0.4) is 0 Å². The molecule has 0 spiro atoms. The Hall–Kier alpha value is -1.88. The van der Waals surface area contributed by atoms with Gasteiger partial charge in [-0.15, -0.1) is 0 Å². The smallest absolute Gasteiger partial charge is 0.242 e. The van der Waals surface area contributed by atoms with Crippen molar-refractivity contribution < 1.29 is 9.59 Å². The number of amides is 2. The fraction of sp³-hybridized carbons (Fsp3) is 0.556. The lowest BCUT2D eigenvalue weighted by Crippen LogP contribution is -2.55. The van der Waals surface area contributed by atoms with Crippen LogP contribution in [0.5, 0.6) is 0 Å². The number of rotatable bonds is 5. The molecule has 0 bridgehead atoms. The third-order valence-electron chi connectivity index (χ3n) is 4.63. The number of carbonyl (C=O) groups is 2. The van der Waals surface area contributed by atoms with Crippen LogP contribution in [0, 0.1) is 5.92 Å². The summed E-state index contributed by atoms with van der Waals surface area (Å²) >= 11 is 0. The van der Waals surface area contributed by atoms with Crippen LogP contribution in [-0.2, 0) is 16.1 Å². The fourth-order valence-electron chi connectivity index (χ4n) is 3.11. The first-order chi connectivity index (χ1) is 10.9. The molecule has 0 aromatic heterocycles. The summed E-state index contributed by atoms with van der Waals surface area (Å²) < 4.78 is 0. The minimum Gasteiger partial charge on any atom is -0.350 e. The van der Waals surface area contributed by atoms with Gasteiger partial charge in [-0.3, -0.25) is 9.59 Å². The van der Waals surface area contributed by atoms with Crippen LogP contribution in [0.15, 0.2) is 30.3 Å². The molecule has 3 atom stereocenters. The highest BCUT2D eigenvalue weighted by atomic mass is 16.2. The van der Waals surface area contributed by atoms with Gasteiger partial charge in [0.15, 0.2) is 0 Å². The molecular weight excluding hydrogens is 290 g/mol. The van der Waals surface area contributed by atoms with Gasteiger partial charge in [0, 0.05) is 12.1 Å². The molecule has 1 aromatic carbocycles. The largest absolute Gasteiger partial charge is 0.350 e. The highest BCUT2D eigenvalue weighted by molar-refractivity contribution is 5.88. The zero-order chi connectivity index (χ0) is 16.9. The van der Waals surface area contributed by atoms with Gasteiger partial charge in [-0.25, -0.2) is 0 Å². The first kappa shape index (κ1) is 17.5. The summed E-state index contributed by atoms with van der Waals surface area (Å²) in [4.78, 5) is 24.6. The monoisotopic (exact) mass is 317 g/mol. The van der Waals surface area contributed by atoms with Crippen LogP contribution in [0.1, 0.15) is 45.1 Å². The Morgan fingerprint density at radius 1 is 1.30 bits per heavy atom. The maximum Gasteiger partial charge on any atom is 0.242 e. The molecule has 23 heavy (non-hydrogen) atoms. The maximum atomic E-state index is 12.4. The maximum absolute atomic E-state index is 12.4. The average Bonchev–Trinajstić information content (AvgIpc) is 2.52. The van der Waals surface area contributed by atoms with Crippen LogP contribution in [0.4, 0.5) is 0 Å². The van der Waals surface area contributed by atoms with Gasteiger partial charge in [0.2, 0.25) is 11.8 Å². The van der Waals surface area contributed by atoms with Crippen molar-refractivity contribution in [1.29, 1.82) is 0 Å². The number of nitrogens with two attached hydrogens (primary N) is 1. The Balaban J connectivity index is 1.84. The van der Waals surface area contributed by atoms with Crippen molar-refractivity contribution >= 4 is 11.8 Å². The molecule has 4 N–H and O–H groups in total. The molecule has 5 nitrogen and oxygen atoms in total. The van der Waals surface area contributed by atoms with E-state index < -0.39 is 11.6 Å². The van der Waals surface area contributed by atoms with Gasteiger partial charge in [0.05, 0.1) is 5.92 Å². The first-order valence-corrected chi connectivity index (χ1v) is 8.31. The van der Waals surface area contributed by atoms with Gasteiger partial charge >= 0.3 is 0 Å². The topological polar surface area (TPSA) is 84.2 Å². The van der Waals surface area contributed by atoms with E-state index in [-0.39, 0.29) is 17.7 Å². The minimum atomic E-state index is -0.566. The molecule has 1 saturated carbocycles. The molecular formula is C18H27N3O2. The molecule has 0 aliphatic heterocycles. The SMILES string of the molecule is CC(NC(=O)C1CCCCC1(C)N)C(=O)NCc1ccccc1. The normalized spacial score (nSPS) is 25.4. The molecule has 2 amide bonds. The van der Waals surface area contributed by atoms with Crippen LogP contribution < -0.4 is 16.4 Å². The summed E-state index contributed by atoms with van der Waals surface area (Å²) in [6.45, 7) is 4.09. The zero-order valence-electron chi connectivity index (χ0n) is 14.0. The Morgan fingerprint density at radius 2 is 2.00 bits per heavy atom. The lowest BCUT2D eigenvalue weighted by atomic mass is 9.74. The Labute approximate surface area is 138 Å². The second-order valence-electron chi connectivity index (χ2n) is 6.74. The molecule has 3 unspecified atom stereocenters. The van der Waals surface area contributed by atoms with Crippen LogP contribution in [0.2, 0.25) is 0 Å². The summed E-state index contributed by atoms with van der Waals surface area (Å²) in [5, 5.41) is 5.65. The quantitative estimate of drug-likeness (QED) is 0.773. The summed E-state index contributed by atoms with van der Waals surface area (Å²) in [7, 11) is 0. The summed E-state index contributed by atoms with van der Waals surface area (Å²) in [6, 6.07) is 9.12. The molecule has 0 saturated heterocycles. The average molecular weight is 317 g/mol. The van der Waals surface area contributed by atoms with Gasteiger partial charge < -0.3 is 16.4 Å². The van der Waals surface area contributed by atoms with Crippen molar-refractivity contribution in [2.24, 2.45) is 11.7 Å². The van der Waals surface area contributed by atoms with E-state index in [4.69, 9.17) is 5.73 Å². The van der Waals surface area contributed by atoms with Gasteiger partial charge in [-0.1, -0.05) is 43.2 Å². The highest BCUT2D eigenvalue weighted by Gasteiger charge is 2.38. The van der Waals surface area contributed by atoms with Crippen molar-refractivity contribution in [2.75, 3.05) is 0 Å². The standard InChI is InChI=1S/C18H27N3O2/c1-13(16(22)20-12-14-8-4-3-5-9-14)21-17(23)15-10-6-7-11-18(15,2)19/h3-5,8-9,13,15H,6-7,10-12,19H2,1-2H3,(H,20,22)(H,21,23).